The number of nitrogens with one attached hydrogen (secondary N) is 3. The third-order valence-electron chi connectivity index (χ3n) is 6.39. The predicted octanol–water partition coefficient (Wildman–Crippen LogP) is -0.231. The Morgan fingerprint density at radius 2 is 2.07 bits per heavy atom. The summed E-state index contributed by atoms with van der Waals surface area (Å²) in [4.78, 5) is 38.2. The van der Waals surface area contributed by atoms with Crippen molar-refractivity contribution in [2.75, 3.05) is 13.1 Å². The maximum absolute atomic E-state index is 13.0. The van der Waals surface area contributed by atoms with E-state index in [4.69, 9.17) is 0 Å². The average Bonchev–Trinajstić information content (AvgIpc) is 3.25. The molecule has 1 aromatic carbocycles. The van der Waals surface area contributed by atoms with Gasteiger partial charge >= 0.3 is 0 Å². The highest BCUT2D eigenvalue weighted by Gasteiger charge is 2.41. The SMILES string of the molecule is Cn1nccc1C1(NCc2ccc3c(c2)C(=O)N(C2CCC(=O)NC2=O)C3)CNC1. The smallest absolute Gasteiger partial charge is 0.255 e. The Labute approximate surface area is 173 Å². The summed E-state index contributed by atoms with van der Waals surface area (Å²) in [5, 5.41) is 13.6. The molecule has 0 spiro atoms. The highest BCUT2D eigenvalue weighted by molar-refractivity contribution is 6.05. The molecule has 4 heterocycles. The Morgan fingerprint density at radius 1 is 1.23 bits per heavy atom. The van der Waals surface area contributed by atoms with Gasteiger partial charge < -0.3 is 10.2 Å². The molecule has 9 heteroatoms. The maximum atomic E-state index is 13.0. The van der Waals surface area contributed by atoms with E-state index in [1.165, 1.54) is 0 Å². The lowest BCUT2D eigenvalue weighted by atomic mass is 9.88. The lowest BCUT2D eigenvalue weighted by Gasteiger charge is -2.43. The van der Waals surface area contributed by atoms with Gasteiger partial charge in [0, 0.05) is 51.4 Å². The van der Waals surface area contributed by atoms with Gasteiger partial charge in [-0.15, -0.1) is 0 Å². The van der Waals surface area contributed by atoms with Gasteiger partial charge in [-0.05, 0) is 29.7 Å². The van der Waals surface area contributed by atoms with Crippen molar-refractivity contribution in [1.29, 1.82) is 0 Å². The van der Waals surface area contributed by atoms with Crippen LogP contribution in [0.15, 0.2) is 30.5 Å². The molecule has 3 aliphatic heterocycles. The summed E-state index contributed by atoms with van der Waals surface area (Å²) in [6.45, 7) is 2.66. The van der Waals surface area contributed by atoms with Crippen LogP contribution in [0, 0.1) is 0 Å². The van der Waals surface area contributed by atoms with Gasteiger partial charge in [0.05, 0.1) is 11.2 Å². The largest absolute Gasteiger partial charge is 0.322 e. The normalized spacial score (nSPS) is 22.6. The van der Waals surface area contributed by atoms with E-state index >= 15 is 0 Å². The first-order valence-electron chi connectivity index (χ1n) is 10.2. The summed E-state index contributed by atoms with van der Waals surface area (Å²) in [6.07, 6.45) is 2.43. The van der Waals surface area contributed by atoms with Crippen molar-refractivity contribution in [1.82, 2.24) is 30.6 Å². The van der Waals surface area contributed by atoms with E-state index in [2.05, 4.69) is 21.0 Å². The number of hydrogen-bond acceptors (Lipinski definition) is 6. The molecule has 0 radical (unpaired) electrons. The average molecular weight is 408 g/mol. The molecule has 0 bridgehead atoms. The summed E-state index contributed by atoms with van der Waals surface area (Å²) in [7, 11) is 1.94. The Balaban J connectivity index is 1.31. The fraction of sp³-hybridized carbons (Fsp3) is 0.429. The van der Waals surface area contributed by atoms with E-state index < -0.39 is 6.04 Å². The van der Waals surface area contributed by atoms with Gasteiger partial charge in [-0.3, -0.25) is 29.7 Å². The summed E-state index contributed by atoms with van der Waals surface area (Å²) in [6, 6.07) is 7.35. The highest BCUT2D eigenvalue weighted by atomic mass is 16.2. The second kappa shape index (κ2) is 7.03. The molecule has 30 heavy (non-hydrogen) atoms. The molecule has 3 amide bonds. The van der Waals surface area contributed by atoms with E-state index in [1.54, 1.807) is 11.1 Å². The van der Waals surface area contributed by atoms with Crippen LogP contribution >= 0.6 is 0 Å². The van der Waals surface area contributed by atoms with Gasteiger partial charge in [0.15, 0.2) is 0 Å². The van der Waals surface area contributed by atoms with Crippen LogP contribution in [0.2, 0.25) is 0 Å². The van der Waals surface area contributed by atoms with Crippen LogP contribution in [0.1, 0.15) is 40.0 Å². The Morgan fingerprint density at radius 3 is 2.73 bits per heavy atom. The van der Waals surface area contributed by atoms with E-state index in [0.717, 1.165) is 29.9 Å². The van der Waals surface area contributed by atoms with Gasteiger partial charge in [-0.1, -0.05) is 12.1 Å². The minimum absolute atomic E-state index is 0.145. The maximum Gasteiger partial charge on any atom is 0.255 e. The minimum atomic E-state index is -0.585. The van der Waals surface area contributed by atoms with Crippen molar-refractivity contribution in [3.8, 4) is 0 Å². The van der Waals surface area contributed by atoms with Gasteiger partial charge in [0.25, 0.3) is 5.91 Å². The lowest BCUT2D eigenvalue weighted by Crippen LogP contribution is -2.65. The number of nitrogens with zero attached hydrogens (tertiary/aromatic N) is 3. The molecule has 1 atom stereocenters. The zero-order valence-electron chi connectivity index (χ0n) is 16.8. The first-order chi connectivity index (χ1) is 14.5. The summed E-state index contributed by atoms with van der Waals surface area (Å²) < 4.78 is 1.89. The molecule has 156 valence electrons. The second-order valence-corrected chi connectivity index (χ2v) is 8.27. The molecule has 1 unspecified atom stereocenters. The van der Waals surface area contributed by atoms with Gasteiger partial charge in [-0.2, -0.15) is 5.10 Å². The molecular formula is C21H24N6O3. The van der Waals surface area contributed by atoms with Crippen molar-refractivity contribution in [2.45, 2.75) is 37.5 Å². The number of aromatic nitrogens is 2. The third kappa shape index (κ3) is 3.01. The topological polar surface area (TPSA) is 108 Å². The van der Waals surface area contributed by atoms with Gasteiger partial charge in [0.2, 0.25) is 11.8 Å². The van der Waals surface area contributed by atoms with E-state index in [0.29, 0.717) is 25.1 Å². The minimum Gasteiger partial charge on any atom is -0.322 e. The number of imide groups is 1. The molecule has 3 N–H and O–H groups in total. The summed E-state index contributed by atoms with van der Waals surface area (Å²) in [5.41, 5.74) is 3.52. The van der Waals surface area contributed by atoms with E-state index in [-0.39, 0.29) is 29.7 Å². The third-order valence-corrected chi connectivity index (χ3v) is 6.39. The van der Waals surface area contributed by atoms with Crippen LogP contribution in [0.4, 0.5) is 0 Å². The van der Waals surface area contributed by atoms with Gasteiger partial charge in [-0.25, -0.2) is 0 Å². The predicted molar refractivity (Wildman–Crippen MR) is 107 cm³/mol. The van der Waals surface area contributed by atoms with Crippen LogP contribution in [-0.4, -0.2) is 51.5 Å². The van der Waals surface area contributed by atoms with E-state index in [1.807, 2.05) is 36.0 Å². The van der Waals surface area contributed by atoms with Crippen LogP contribution in [0.5, 0.6) is 0 Å². The highest BCUT2D eigenvalue weighted by Crippen LogP contribution is 2.29. The number of benzene rings is 1. The molecule has 2 aromatic rings. The summed E-state index contributed by atoms with van der Waals surface area (Å²) in [5.74, 6) is -0.806. The molecule has 2 fully saturated rings. The summed E-state index contributed by atoms with van der Waals surface area (Å²) >= 11 is 0. The molecule has 9 nitrogen and oxygen atoms in total. The monoisotopic (exact) mass is 408 g/mol. The molecule has 0 saturated carbocycles. The zero-order valence-corrected chi connectivity index (χ0v) is 16.8. The number of carbonyl (C=O) groups excluding carboxylic acids is 3. The van der Waals surface area contributed by atoms with Crippen LogP contribution in [-0.2, 0) is 35.3 Å². The number of aryl methyl sites for hydroxylation is 1. The van der Waals surface area contributed by atoms with E-state index in [9.17, 15) is 14.4 Å². The van der Waals surface area contributed by atoms with Crippen molar-refractivity contribution >= 4 is 17.7 Å². The molecular weight excluding hydrogens is 384 g/mol. The number of rotatable bonds is 5. The van der Waals surface area contributed by atoms with Gasteiger partial charge in [0.1, 0.15) is 6.04 Å². The fourth-order valence-electron chi connectivity index (χ4n) is 4.60. The number of piperidine rings is 1. The van der Waals surface area contributed by atoms with Crippen LogP contribution in [0.25, 0.3) is 0 Å². The molecule has 1 aromatic heterocycles. The molecule has 2 saturated heterocycles. The number of fused-ring (bicyclic) bond motifs is 1. The van der Waals surface area contributed by atoms with Crippen molar-refractivity contribution in [3.63, 3.8) is 0 Å². The number of hydrogen-bond donors (Lipinski definition) is 3. The Kier molecular flexibility index (Phi) is 4.44. The molecule has 5 rings (SSSR count). The molecule has 3 aliphatic rings. The standard InChI is InChI=1S/C21H24N6O3/c1-26-17(6-7-24-26)21(11-22-12-21)23-9-13-2-3-14-10-27(20(30)15(14)8-13)16-4-5-18(28)25-19(16)29/h2-3,6-8,16,22-23H,4-5,9-12H2,1H3,(H,25,28,29). The van der Waals surface area contributed by atoms with Crippen molar-refractivity contribution in [2.24, 2.45) is 7.05 Å². The first-order valence-corrected chi connectivity index (χ1v) is 10.2. The first kappa shape index (κ1) is 19.0. The van der Waals surface area contributed by atoms with Crippen molar-refractivity contribution < 1.29 is 14.4 Å². The fourth-order valence-corrected chi connectivity index (χ4v) is 4.60. The van der Waals surface area contributed by atoms with Crippen LogP contribution < -0.4 is 16.0 Å². The Bertz CT molecular complexity index is 1040. The Hall–Kier alpha value is -3.04. The number of carbonyl (C=O) groups is 3. The molecule has 0 aliphatic carbocycles. The quantitative estimate of drug-likeness (QED) is 0.590. The lowest BCUT2D eigenvalue weighted by molar-refractivity contribution is -0.136. The number of amides is 3. The van der Waals surface area contributed by atoms with Crippen molar-refractivity contribution in [3.05, 3.63) is 52.8 Å². The van der Waals surface area contributed by atoms with Crippen LogP contribution in [0.3, 0.4) is 0 Å². The zero-order chi connectivity index (χ0) is 20.9. The second-order valence-electron chi connectivity index (χ2n) is 8.27.